The molecule has 0 aliphatic heterocycles. The molecule has 0 spiro atoms. The zero-order valence-corrected chi connectivity index (χ0v) is 12.8. The Kier molecular flexibility index (Phi) is 4.97. The fourth-order valence-electron chi connectivity index (χ4n) is 2.67. The van der Waals surface area contributed by atoms with E-state index in [0.717, 1.165) is 0 Å². The number of carbonyl (C=O) groups is 2. The summed E-state index contributed by atoms with van der Waals surface area (Å²) in [6.45, 7) is 3.16. The van der Waals surface area contributed by atoms with E-state index in [2.05, 4.69) is 10.1 Å². The van der Waals surface area contributed by atoms with Crippen molar-refractivity contribution >= 4 is 11.7 Å². The van der Waals surface area contributed by atoms with Crippen molar-refractivity contribution in [1.82, 2.24) is 5.32 Å². The van der Waals surface area contributed by atoms with Crippen LogP contribution in [-0.2, 0) is 9.59 Å². The number of hydrogen-bond acceptors (Lipinski definition) is 3. The van der Waals surface area contributed by atoms with Crippen molar-refractivity contribution in [3.05, 3.63) is 29.8 Å². The molecule has 2 rings (SSSR count). The summed E-state index contributed by atoms with van der Waals surface area (Å²) in [5, 5.41) is 2.72. The van der Waals surface area contributed by atoms with Crippen molar-refractivity contribution in [2.75, 3.05) is 0 Å². The van der Waals surface area contributed by atoms with Crippen LogP contribution in [0.3, 0.4) is 0 Å². The molecule has 3 atom stereocenters. The van der Waals surface area contributed by atoms with Crippen molar-refractivity contribution in [3.8, 4) is 5.75 Å². The zero-order chi connectivity index (χ0) is 17.2. The first kappa shape index (κ1) is 17.3. The molecule has 1 N–H and O–H groups in total. The number of nitrogens with one attached hydrogen (secondary N) is 1. The first-order chi connectivity index (χ1) is 10.7. The monoisotopic (exact) mass is 329 g/mol. The van der Waals surface area contributed by atoms with E-state index in [1.807, 2.05) is 0 Å². The third-order valence-electron chi connectivity index (χ3n) is 3.65. The Labute approximate surface area is 132 Å². The van der Waals surface area contributed by atoms with Gasteiger partial charge in [-0.25, -0.2) is 0 Å². The highest BCUT2D eigenvalue weighted by atomic mass is 19.4. The van der Waals surface area contributed by atoms with E-state index in [1.54, 1.807) is 13.0 Å². The van der Waals surface area contributed by atoms with Crippen LogP contribution in [0.2, 0.25) is 0 Å². The molecule has 7 heteroatoms. The maximum absolute atomic E-state index is 12.4. The highest BCUT2D eigenvalue weighted by molar-refractivity contribution is 5.84. The Morgan fingerprint density at radius 2 is 2.00 bits per heavy atom. The van der Waals surface area contributed by atoms with Gasteiger partial charge in [-0.05, 0) is 37.8 Å². The fourth-order valence-corrected chi connectivity index (χ4v) is 2.67. The molecule has 1 saturated carbocycles. The van der Waals surface area contributed by atoms with Crippen LogP contribution >= 0.6 is 0 Å². The number of carbonyl (C=O) groups excluding carboxylic acids is 2. The Morgan fingerprint density at radius 3 is 2.61 bits per heavy atom. The Hall–Kier alpha value is -2.05. The minimum atomic E-state index is -4.77. The molecular weight excluding hydrogens is 311 g/mol. The van der Waals surface area contributed by atoms with Gasteiger partial charge < -0.3 is 10.1 Å². The van der Waals surface area contributed by atoms with Crippen LogP contribution in [-0.4, -0.2) is 24.1 Å². The summed E-state index contributed by atoms with van der Waals surface area (Å²) in [6, 6.07) is 5.57. The largest absolute Gasteiger partial charge is 0.573 e. The predicted molar refractivity (Wildman–Crippen MR) is 76.9 cm³/mol. The maximum atomic E-state index is 12.4. The van der Waals surface area contributed by atoms with Gasteiger partial charge in [-0.15, -0.1) is 13.2 Å². The summed E-state index contributed by atoms with van der Waals surface area (Å²) < 4.78 is 41.3. The van der Waals surface area contributed by atoms with E-state index in [4.69, 9.17) is 0 Å². The lowest BCUT2D eigenvalue weighted by Gasteiger charge is -2.14. The molecule has 0 heterocycles. The molecule has 0 unspecified atom stereocenters. The van der Waals surface area contributed by atoms with Gasteiger partial charge in [0.25, 0.3) is 0 Å². The molecule has 0 bridgehead atoms. The van der Waals surface area contributed by atoms with Gasteiger partial charge in [0.15, 0.2) is 0 Å². The number of ether oxygens (including phenoxy) is 1. The second-order valence-corrected chi connectivity index (χ2v) is 5.85. The summed E-state index contributed by atoms with van der Waals surface area (Å²) in [5.74, 6) is -1.22. The number of rotatable bonds is 6. The van der Waals surface area contributed by atoms with Crippen molar-refractivity contribution < 1.29 is 27.5 Å². The number of hydrogen-bond donors (Lipinski definition) is 1. The van der Waals surface area contributed by atoms with Gasteiger partial charge in [-0.1, -0.05) is 18.2 Å². The zero-order valence-electron chi connectivity index (χ0n) is 12.8. The molecule has 126 valence electrons. The second kappa shape index (κ2) is 6.60. The molecule has 1 aliphatic carbocycles. The Balaban J connectivity index is 2.01. The molecule has 1 fully saturated rings. The van der Waals surface area contributed by atoms with Crippen molar-refractivity contribution in [3.63, 3.8) is 0 Å². The lowest BCUT2D eigenvalue weighted by atomic mass is 10.1. The van der Waals surface area contributed by atoms with E-state index in [-0.39, 0.29) is 41.7 Å². The molecule has 1 amide bonds. The topological polar surface area (TPSA) is 55.4 Å². The Morgan fingerprint density at radius 1 is 1.35 bits per heavy atom. The van der Waals surface area contributed by atoms with Crippen LogP contribution < -0.4 is 10.1 Å². The third-order valence-corrected chi connectivity index (χ3v) is 3.65. The van der Waals surface area contributed by atoms with Crippen molar-refractivity contribution in [2.24, 2.45) is 5.92 Å². The number of Topliss-reactive ketones (excluding diaryl/α,β-unsaturated/α-hetero) is 1. The predicted octanol–water partition coefficient (Wildman–Crippen LogP) is 3.17. The number of halogens is 3. The average molecular weight is 329 g/mol. The van der Waals surface area contributed by atoms with Gasteiger partial charge in [0.05, 0.1) is 0 Å². The SMILES string of the molecule is CC(=O)C[C@H](C)NC(=O)[C@@H]1C[C@H]1c1ccccc1OC(F)(F)F. The molecule has 23 heavy (non-hydrogen) atoms. The number of ketones is 1. The number of alkyl halides is 3. The smallest absolute Gasteiger partial charge is 0.405 e. The fraction of sp³-hybridized carbons (Fsp3) is 0.500. The molecule has 1 aromatic rings. The molecule has 1 aliphatic rings. The summed E-state index contributed by atoms with van der Waals surface area (Å²) in [4.78, 5) is 23.1. The van der Waals surface area contributed by atoms with Crippen LogP contribution in [0.15, 0.2) is 24.3 Å². The molecule has 4 nitrogen and oxygen atoms in total. The van der Waals surface area contributed by atoms with E-state index in [1.165, 1.54) is 25.1 Å². The average Bonchev–Trinajstić information content (AvgIpc) is 3.16. The van der Waals surface area contributed by atoms with Gasteiger partial charge in [0, 0.05) is 18.4 Å². The molecule has 0 saturated heterocycles. The van der Waals surface area contributed by atoms with Crippen molar-refractivity contribution in [1.29, 1.82) is 0 Å². The second-order valence-electron chi connectivity index (χ2n) is 5.85. The van der Waals surface area contributed by atoms with Crippen LogP contribution in [0.1, 0.15) is 38.2 Å². The minimum absolute atomic E-state index is 0.0333. The summed E-state index contributed by atoms with van der Waals surface area (Å²) in [7, 11) is 0. The van der Waals surface area contributed by atoms with Crippen LogP contribution in [0.4, 0.5) is 13.2 Å². The molecule has 0 aromatic heterocycles. The van der Waals surface area contributed by atoms with Gasteiger partial charge >= 0.3 is 6.36 Å². The highest BCUT2D eigenvalue weighted by Gasteiger charge is 2.46. The first-order valence-corrected chi connectivity index (χ1v) is 7.32. The van der Waals surface area contributed by atoms with Crippen LogP contribution in [0, 0.1) is 5.92 Å². The standard InChI is InChI=1S/C16H18F3NO3/c1-9(7-10(2)21)20-15(22)13-8-12(13)11-5-3-4-6-14(11)23-16(17,18)19/h3-6,9,12-13H,7-8H2,1-2H3,(H,20,22)/t9-,12-,13+/m0/s1. The number of para-hydroxylation sites is 1. The maximum Gasteiger partial charge on any atom is 0.573 e. The van der Waals surface area contributed by atoms with E-state index < -0.39 is 6.36 Å². The lowest BCUT2D eigenvalue weighted by molar-refractivity contribution is -0.274. The van der Waals surface area contributed by atoms with E-state index >= 15 is 0 Å². The van der Waals surface area contributed by atoms with E-state index in [9.17, 15) is 22.8 Å². The molecule has 1 aromatic carbocycles. The summed E-state index contributed by atoms with van der Waals surface area (Å²) >= 11 is 0. The summed E-state index contributed by atoms with van der Waals surface area (Å²) in [6.07, 6.45) is -4.06. The van der Waals surface area contributed by atoms with Crippen LogP contribution in [0.5, 0.6) is 5.75 Å². The molecular formula is C16H18F3NO3. The minimum Gasteiger partial charge on any atom is -0.405 e. The quantitative estimate of drug-likeness (QED) is 0.872. The number of benzene rings is 1. The Bertz CT molecular complexity index is 600. The van der Waals surface area contributed by atoms with Crippen LogP contribution in [0.25, 0.3) is 0 Å². The van der Waals surface area contributed by atoms with Gasteiger partial charge in [-0.3, -0.25) is 9.59 Å². The normalized spacial score (nSPS) is 21.4. The van der Waals surface area contributed by atoms with Gasteiger partial charge in [0.1, 0.15) is 11.5 Å². The van der Waals surface area contributed by atoms with E-state index in [0.29, 0.717) is 12.0 Å². The highest BCUT2D eigenvalue weighted by Crippen LogP contribution is 2.51. The lowest BCUT2D eigenvalue weighted by Crippen LogP contribution is -2.35. The summed E-state index contributed by atoms with van der Waals surface area (Å²) in [5.41, 5.74) is 0.379. The number of amides is 1. The van der Waals surface area contributed by atoms with Gasteiger partial charge in [0.2, 0.25) is 5.91 Å². The first-order valence-electron chi connectivity index (χ1n) is 7.32. The molecule has 0 radical (unpaired) electrons. The van der Waals surface area contributed by atoms with Gasteiger partial charge in [-0.2, -0.15) is 0 Å². The third kappa shape index (κ3) is 4.97. The van der Waals surface area contributed by atoms with Crippen molar-refractivity contribution in [2.45, 2.75) is 45.0 Å².